The highest BCUT2D eigenvalue weighted by Crippen LogP contribution is 2.14. The molecule has 0 fully saturated rings. The molecule has 0 aliphatic heterocycles. The van der Waals surface area contributed by atoms with Gasteiger partial charge in [-0.25, -0.2) is 0 Å². The summed E-state index contributed by atoms with van der Waals surface area (Å²) >= 11 is 0. The average Bonchev–Trinajstić information content (AvgIpc) is 2.71. The number of benzene rings is 1. The maximum atomic E-state index is 9.87. The number of aliphatic hydroxyl groups excluding tert-OH is 1. The van der Waals surface area contributed by atoms with Gasteiger partial charge in [0.2, 0.25) is 6.33 Å². The van der Waals surface area contributed by atoms with Crippen molar-refractivity contribution in [3.05, 3.63) is 42.5 Å². The standard InChI is InChI=1S/C10H12N4O/c11-9-3-1-8(2-4-9)10(15)5-14-7-12-6-13-14/h1-4,6-7,10,15H,5,11H2/p+1. The molecule has 1 aromatic heterocycles. The number of hydrogen-bond acceptors (Lipinski definition) is 3. The second-order valence-electron chi connectivity index (χ2n) is 3.36. The van der Waals surface area contributed by atoms with Crippen LogP contribution in [-0.2, 0) is 6.54 Å². The molecule has 15 heavy (non-hydrogen) atoms. The van der Waals surface area contributed by atoms with E-state index in [-0.39, 0.29) is 0 Å². The molecule has 0 bridgehead atoms. The molecule has 2 aromatic rings. The first-order valence-electron chi connectivity index (χ1n) is 4.67. The predicted octanol–water partition coefficient (Wildman–Crippen LogP) is 0.0130. The van der Waals surface area contributed by atoms with Crippen LogP contribution in [0.3, 0.4) is 0 Å². The van der Waals surface area contributed by atoms with E-state index in [4.69, 9.17) is 5.73 Å². The van der Waals surface area contributed by atoms with Gasteiger partial charge in [-0.1, -0.05) is 12.1 Å². The molecule has 0 aliphatic carbocycles. The van der Waals surface area contributed by atoms with Crippen molar-refractivity contribution in [3.8, 4) is 0 Å². The summed E-state index contributed by atoms with van der Waals surface area (Å²) in [7, 11) is 0. The number of aromatic nitrogens is 3. The molecule has 0 radical (unpaired) electrons. The summed E-state index contributed by atoms with van der Waals surface area (Å²) in [4.78, 5) is 3.86. The van der Waals surface area contributed by atoms with Crippen molar-refractivity contribution >= 4 is 5.69 Å². The highest BCUT2D eigenvalue weighted by molar-refractivity contribution is 5.39. The Balaban J connectivity index is 2.08. The van der Waals surface area contributed by atoms with Crippen molar-refractivity contribution < 1.29 is 9.79 Å². The Kier molecular flexibility index (Phi) is 2.64. The van der Waals surface area contributed by atoms with Crippen molar-refractivity contribution in [1.29, 1.82) is 0 Å². The lowest BCUT2D eigenvalue weighted by atomic mass is 10.1. The van der Waals surface area contributed by atoms with Gasteiger partial charge in [0.25, 0.3) is 0 Å². The molecule has 0 saturated carbocycles. The Morgan fingerprint density at radius 3 is 2.73 bits per heavy atom. The molecule has 78 valence electrons. The van der Waals surface area contributed by atoms with Crippen LogP contribution in [0.15, 0.2) is 36.9 Å². The van der Waals surface area contributed by atoms with E-state index in [2.05, 4.69) is 10.1 Å². The molecular formula is C10H13N4O+. The zero-order valence-electron chi connectivity index (χ0n) is 8.17. The first-order valence-corrected chi connectivity index (χ1v) is 4.67. The molecule has 0 aliphatic rings. The van der Waals surface area contributed by atoms with Crippen molar-refractivity contribution in [1.82, 2.24) is 10.1 Å². The second-order valence-corrected chi connectivity index (χ2v) is 3.36. The summed E-state index contributed by atoms with van der Waals surface area (Å²) in [5, 5.41) is 12.7. The van der Waals surface area contributed by atoms with Gasteiger partial charge in [-0.2, -0.15) is 9.78 Å². The molecule has 0 saturated heterocycles. The van der Waals surface area contributed by atoms with Crippen molar-refractivity contribution in [2.75, 3.05) is 5.73 Å². The summed E-state index contributed by atoms with van der Waals surface area (Å²) in [5.41, 5.74) is 7.09. The number of nitrogen functional groups attached to an aromatic ring is 1. The molecule has 0 amide bonds. The van der Waals surface area contributed by atoms with Crippen LogP contribution in [-0.4, -0.2) is 15.2 Å². The van der Waals surface area contributed by atoms with Crippen molar-refractivity contribution in [2.24, 2.45) is 0 Å². The number of anilines is 1. The van der Waals surface area contributed by atoms with Crippen LogP contribution in [0.2, 0.25) is 0 Å². The van der Waals surface area contributed by atoms with E-state index in [0.29, 0.717) is 12.2 Å². The number of aromatic amines is 1. The fraction of sp³-hybridized carbons (Fsp3) is 0.200. The SMILES string of the molecule is Nc1ccc(C(O)C[n+]2cnc[nH]2)cc1. The number of nitrogens with two attached hydrogens (primary N) is 1. The summed E-state index contributed by atoms with van der Waals surface area (Å²) in [6.45, 7) is 0.448. The largest absolute Gasteiger partial charge is 0.399 e. The van der Waals surface area contributed by atoms with Crippen LogP contribution in [0.1, 0.15) is 11.7 Å². The predicted molar refractivity (Wildman–Crippen MR) is 54.6 cm³/mol. The molecular weight excluding hydrogens is 192 g/mol. The zero-order valence-corrected chi connectivity index (χ0v) is 8.17. The van der Waals surface area contributed by atoms with Gasteiger partial charge >= 0.3 is 6.33 Å². The van der Waals surface area contributed by atoms with Crippen LogP contribution in [0, 0.1) is 0 Å². The fourth-order valence-electron chi connectivity index (χ4n) is 1.36. The van der Waals surface area contributed by atoms with Crippen LogP contribution in [0.5, 0.6) is 0 Å². The van der Waals surface area contributed by atoms with E-state index in [0.717, 1.165) is 5.56 Å². The van der Waals surface area contributed by atoms with Crippen LogP contribution >= 0.6 is 0 Å². The zero-order chi connectivity index (χ0) is 10.7. The first kappa shape index (κ1) is 9.67. The molecule has 5 nitrogen and oxygen atoms in total. The Hall–Kier alpha value is -1.88. The van der Waals surface area contributed by atoms with Gasteiger partial charge in [-0.05, 0) is 22.7 Å². The highest BCUT2D eigenvalue weighted by Gasteiger charge is 2.11. The van der Waals surface area contributed by atoms with E-state index in [1.54, 1.807) is 29.5 Å². The van der Waals surface area contributed by atoms with E-state index >= 15 is 0 Å². The van der Waals surface area contributed by atoms with Gasteiger partial charge in [-0.3, -0.25) is 0 Å². The number of nitrogens with one attached hydrogen (secondary N) is 1. The highest BCUT2D eigenvalue weighted by atomic mass is 16.3. The van der Waals surface area contributed by atoms with Gasteiger partial charge in [0.1, 0.15) is 12.6 Å². The Morgan fingerprint density at radius 2 is 2.13 bits per heavy atom. The number of aliphatic hydroxyl groups is 1. The van der Waals surface area contributed by atoms with E-state index < -0.39 is 6.10 Å². The minimum absolute atomic E-state index is 0.448. The number of rotatable bonds is 3. The number of H-pyrrole nitrogens is 1. The van der Waals surface area contributed by atoms with Crippen LogP contribution in [0.4, 0.5) is 5.69 Å². The van der Waals surface area contributed by atoms with E-state index in [1.807, 2.05) is 12.1 Å². The lowest BCUT2D eigenvalue weighted by molar-refractivity contribution is -0.757. The summed E-state index contributed by atoms with van der Waals surface area (Å²) < 4.78 is 1.71. The third kappa shape index (κ3) is 2.32. The molecule has 1 unspecified atom stereocenters. The monoisotopic (exact) mass is 205 g/mol. The quantitative estimate of drug-likeness (QED) is 0.488. The minimum atomic E-state index is -0.559. The summed E-state index contributed by atoms with van der Waals surface area (Å²) in [6, 6.07) is 7.18. The molecule has 4 N–H and O–H groups in total. The van der Waals surface area contributed by atoms with Gasteiger partial charge in [-0.15, -0.1) is 0 Å². The van der Waals surface area contributed by atoms with E-state index in [1.165, 1.54) is 0 Å². The van der Waals surface area contributed by atoms with Crippen LogP contribution in [0.25, 0.3) is 0 Å². The minimum Gasteiger partial charge on any atom is -0.399 e. The Labute approximate surface area is 87.2 Å². The van der Waals surface area contributed by atoms with Crippen LogP contribution < -0.4 is 10.4 Å². The maximum absolute atomic E-state index is 9.87. The maximum Gasteiger partial charge on any atom is 0.306 e. The normalized spacial score (nSPS) is 12.6. The summed E-state index contributed by atoms with van der Waals surface area (Å²) in [6.07, 6.45) is 2.63. The van der Waals surface area contributed by atoms with Gasteiger partial charge in [0.15, 0.2) is 0 Å². The third-order valence-electron chi connectivity index (χ3n) is 2.20. The molecule has 0 spiro atoms. The number of nitrogens with zero attached hydrogens (tertiary/aromatic N) is 2. The fourth-order valence-corrected chi connectivity index (χ4v) is 1.36. The Bertz CT molecular complexity index is 409. The van der Waals surface area contributed by atoms with Gasteiger partial charge < -0.3 is 10.8 Å². The number of hydrogen-bond donors (Lipinski definition) is 3. The van der Waals surface area contributed by atoms with Gasteiger partial charge in [0.05, 0.1) is 0 Å². The van der Waals surface area contributed by atoms with E-state index in [9.17, 15) is 5.11 Å². The molecule has 2 rings (SSSR count). The van der Waals surface area contributed by atoms with Gasteiger partial charge in [0, 0.05) is 5.69 Å². The lowest BCUT2D eigenvalue weighted by Crippen LogP contribution is -2.37. The van der Waals surface area contributed by atoms with Crippen molar-refractivity contribution in [3.63, 3.8) is 0 Å². The smallest absolute Gasteiger partial charge is 0.306 e. The third-order valence-corrected chi connectivity index (χ3v) is 2.20. The molecule has 5 heteroatoms. The molecule has 1 heterocycles. The first-order chi connectivity index (χ1) is 7.25. The Morgan fingerprint density at radius 1 is 1.40 bits per heavy atom. The summed E-state index contributed by atoms with van der Waals surface area (Å²) in [5.74, 6) is 0. The molecule has 1 atom stereocenters. The topological polar surface area (TPSA) is 78.8 Å². The molecule has 1 aromatic carbocycles. The van der Waals surface area contributed by atoms with Crippen molar-refractivity contribution in [2.45, 2.75) is 12.6 Å². The lowest BCUT2D eigenvalue weighted by Gasteiger charge is -2.07. The average molecular weight is 205 g/mol. The second kappa shape index (κ2) is 4.10.